The van der Waals surface area contributed by atoms with E-state index in [0.29, 0.717) is 24.9 Å². The van der Waals surface area contributed by atoms with Crippen LogP contribution in [0.15, 0.2) is 28.7 Å². The first-order valence-electron chi connectivity index (χ1n) is 9.90. The van der Waals surface area contributed by atoms with Crippen molar-refractivity contribution in [1.29, 1.82) is 0 Å². The summed E-state index contributed by atoms with van der Waals surface area (Å²) in [4.78, 5) is 18.8. The number of aromatic nitrogens is 2. The minimum absolute atomic E-state index is 0.270. The number of hydrogen-bond donors (Lipinski definition) is 0. The molecule has 8 nitrogen and oxygen atoms in total. The Kier molecular flexibility index (Phi) is 5.87. The van der Waals surface area contributed by atoms with Crippen LogP contribution < -0.4 is 4.74 Å². The van der Waals surface area contributed by atoms with Gasteiger partial charge in [-0.05, 0) is 37.1 Å². The highest BCUT2D eigenvalue weighted by Gasteiger charge is 2.24. The molecule has 0 saturated carbocycles. The van der Waals surface area contributed by atoms with E-state index < -0.39 is 0 Å². The van der Waals surface area contributed by atoms with Gasteiger partial charge < -0.3 is 14.1 Å². The first kappa shape index (κ1) is 18.9. The lowest BCUT2D eigenvalue weighted by Gasteiger charge is -2.34. The van der Waals surface area contributed by atoms with Gasteiger partial charge in [-0.15, -0.1) is 10.2 Å². The highest BCUT2D eigenvalue weighted by molar-refractivity contribution is 5.78. The summed E-state index contributed by atoms with van der Waals surface area (Å²) in [5, 5.41) is 8.35. The van der Waals surface area contributed by atoms with Crippen LogP contribution in [0.4, 0.5) is 0 Å². The molecule has 150 valence electrons. The van der Waals surface area contributed by atoms with Gasteiger partial charge in [0.25, 0.3) is 0 Å². The van der Waals surface area contributed by atoms with Gasteiger partial charge in [0.1, 0.15) is 5.75 Å². The zero-order valence-electron chi connectivity index (χ0n) is 16.3. The Labute approximate surface area is 165 Å². The molecular weight excluding hydrogens is 358 g/mol. The summed E-state index contributed by atoms with van der Waals surface area (Å²) in [5.74, 6) is 2.21. The van der Waals surface area contributed by atoms with Crippen LogP contribution in [0.1, 0.15) is 18.7 Å². The van der Waals surface area contributed by atoms with Crippen molar-refractivity contribution in [2.45, 2.75) is 19.4 Å². The molecule has 2 aliphatic heterocycles. The SMILES string of the molecule is COc1ccc(-c2nnc(CN3CCN(CC(=O)N4CCCC4)CC3)o2)cc1. The lowest BCUT2D eigenvalue weighted by molar-refractivity contribution is -0.131. The van der Waals surface area contributed by atoms with Crippen molar-refractivity contribution in [3.05, 3.63) is 30.2 Å². The van der Waals surface area contributed by atoms with E-state index in [9.17, 15) is 4.79 Å². The zero-order valence-corrected chi connectivity index (χ0v) is 16.3. The molecule has 0 unspecified atom stereocenters. The predicted molar refractivity (Wildman–Crippen MR) is 104 cm³/mol. The van der Waals surface area contributed by atoms with Crippen LogP contribution >= 0.6 is 0 Å². The molecule has 0 bridgehead atoms. The smallest absolute Gasteiger partial charge is 0.247 e. The number of rotatable bonds is 6. The van der Waals surface area contributed by atoms with Gasteiger partial charge in [0.05, 0.1) is 20.2 Å². The maximum Gasteiger partial charge on any atom is 0.247 e. The summed E-state index contributed by atoms with van der Waals surface area (Å²) < 4.78 is 11.0. The molecule has 1 aromatic carbocycles. The number of carbonyl (C=O) groups excluding carboxylic acids is 1. The molecular formula is C20H27N5O3. The Hall–Kier alpha value is -2.45. The number of likely N-dealkylation sites (tertiary alicyclic amines) is 1. The van der Waals surface area contributed by atoms with E-state index in [1.165, 1.54) is 0 Å². The predicted octanol–water partition coefficient (Wildman–Crippen LogP) is 1.49. The fraction of sp³-hybridized carbons (Fsp3) is 0.550. The van der Waals surface area contributed by atoms with Crippen LogP contribution in [0.5, 0.6) is 5.75 Å². The lowest BCUT2D eigenvalue weighted by Crippen LogP contribution is -2.49. The van der Waals surface area contributed by atoms with E-state index in [1.54, 1.807) is 7.11 Å². The van der Waals surface area contributed by atoms with E-state index in [2.05, 4.69) is 20.0 Å². The number of benzene rings is 1. The summed E-state index contributed by atoms with van der Waals surface area (Å²) >= 11 is 0. The molecule has 8 heteroatoms. The standard InChI is InChI=1S/C20H27N5O3/c1-27-17-6-4-16(5-7-17)20-22-21-18(28-20)14-23-10-12-24(13-11-23)15-19(26)25-8-2-3-9-25/h4-7H,2-3,8-15H2,1H3. The lowest BCUT2D eigenvalue weighted by atomic mass is 10.2. The quantitative estimate of drug-likeness (QED) is 0.746. The molecule has 3 heterocycles. The van der Waals surface area contributed by atoms with E-state index in [4.69, 9.17) is 9.15 Å². The maximum absolute atomic E-state index is 12.3. The van der Waals surface area contributed by atoms with Gasteiger partial charge in [0, 0.05) is 44.8 Å². The van der Waals surface area contributed by atoms with Crippen LogP contribution in [0.25, 0.3) is 11.5 Å². The summed E-state index contributed by atoms with van der Waals surface area (Å²) in [6.07, 6.45) is 2.28. The molecule has 28 heavy (non-hydrogen) atoms. The average Bonchev–Trinajstić information content (AvgIpc) is 3.42. The zero-order chi connectivity index (χ0) is 19.3. The second kappa shape index (κ2) is 8.70. The van der Waals surface area contributed by atoms with Gasteiger partial charge in [0.2, 0.25) is 17.7 Å². The summed E-state index contributed by atoms with van der Waals surface area (Å²) in [7, 11) is 1.64. The molecule has 0 atom stereocenters. The number of amides is 1. The number of hydrogen-bond acceptors (Lipinski definition) is 7. The van der Waals surface area contributed by atoms with Gasteiger partial charge in [-0.25, -0.2) is 0 Å². The van der Waals surface area contributed by atoms with Crippen molar-refractivity contribution < 1.29 is 13.9 Å². The van der Waals surface area contributed by atoms with Crippen molar-refractivity contribution in [3.63, 3.8) is 0 Å². The summed E-state index contributed by atoms with van der Waals surface area (Å²) in [6.45, 7) is 6.59. The van der Waals surface area contributed by atoms with Crippen molar-refractivity contribution in [2.75, 3.05) is 52.9 Å². The van der Waals surface area contributed by atoms with Crippen molar-refractivity contribution in [2.24, 2.45) is 0 Å². The highest BCUT2D eigenvalue weighted by Crippen LogP contribution is 2.21. The van der Waals surface area contributed by atoms with E-state index >= 15 is 0 Å². The van der Waals surface area contributed by atoms with Gasteiger partial charge >= 0.3 is 0 Å². The maximum atomic E-state index is 12.3. The third-order valence-electron chi connectivity index (χ3n) is 5.45. The number of piperazine rings is 1. The van der Waals surface area contributed by atoms with Gasteiger partial charge in [-0.3, -0.25) is 14.6 Å². The molecule has 4 rings (SSSR count). The minimum Gasteiger partial charge on any atom is -0.497 e. The normalized spacial score (nSPS) is 18.5. The fourth-order valence-electron chi connectivity index (χ4n) is 3.72. The van der Waals surface area contributed by atoms with Gasteiger partial charge in [-0.1, -0.05) is 0 Å². The van der Waals surface area contributed by atoms with Gasteiger partial charge in [0.15, 0.2) is 0 Å². The second-order valence-electron chi connectivity index (χ2n) is 7.37. The topological polar surface area (TPSA) is 74.9 Å². The van der Waals surface area contributed by atoms with Crippen molar-refractivity contribution in [3.8, 4) is 17.2 Å². The number of nitrogens with zero attached hydrogens (tertiary/aromatic N) is 5. The molecule has 0 N–H and O–H groups in total. The van der Waals surface area contributed by atoms with E-state index in [0.717, 1.165) is 63.4 Å². The third-order valence-corrected chi connectivity index (χ3v) is 5.45. The van der Waals surface area contributed by atoms with Crippen LogP contribution in [-0.2, 0) is 11.3 Å². The van der Waals surface area contributed by atoms with E-state index in [-0.39, 0.29) is 5.91 Å². The highest BCUT2D eigenvalue weighted by atomic mass is 16.5. The third kappa shape index (κ3) is 4.51. The Morgan fingerprint density at radius 1 is 1.00 bits per heavy atom. The second-order valence-corrected chi connectivity index (χ2v) is 7.37. The van der Waals surface area contributed by atoms with Crippen molar-refractivity contribution in [1.82, 2.24) is 24.9 Å². The van der Waals surface area contributed by atoms with E-state index in [1.807, 2.05) is 29.2 Å². The molecule has 2 fully saturated rings. The minimum atomic E-state index is 0.270. The Morgan fingerprint density at radius 3 is 2.36 bits per heavy atom. The molecule has 0 radical (unpaired) electrons. The molecule has 2 aliphatic rings. The summed E-state index contributed by atoms with van der Waals surface area (Å²) in [6, 6.07) is 7.57. The molecule has 2 aromatic rings. The molecule has 0 spiro atoms. The first-order chi connectivity index (χ1) is 13.7. The first-order valence-corrected chi connectivity index (χ1v) is 9.90. The van der Waals surface area contributed by atoms with Crippen LogP contribution in [0.3, 0.4) is 0 Å². The Bertz CT molecular complexity index is 777. The Balaban J connectivity index is 1.25. The molecule has 1 amide bonds. The number of ether oxygens (including phenoxy) is 1. The van der Waals surface area contributed by atoms with Crippen molar-refractivity contribution >= 4 is 5.91 Å². The largest absolute Gasteiger partial charge is 0.497 e. The number of carbonyl (C=O) groups is 1. The van der Waals surface area contributed by atoms with Gasteiger partial charge in [-0.2, -0.15) is 0 Å². The molecule has 2 saturated heterocycles. The fourth-order valence-corrected chi connectivity index (χ4v) is 3.72. The molecule has 1 aromatic heterocycles. The Morgan fingerprint density at radius 2 is 1.68 bits per heavy atom. The van der Waals surface area contributed by atoms with Crippen LogP contribution in [0, 0.1) is 0 Å². The number of methoxy groups -OCH3 is 1. The van der Waals surface area contributed by atoms with Crippen LogP contribution in [0.2, 0.25) is 0 Å². The monoisotopic (exact) mass is 385 g/mol. The average molecular weight is 385 g/mol. The van der Waals surface area contributed by atoms with Crippen LogP contribution in [-0.4, -0.2) is 83.7 Å². The summed E-state index contributed by atoms with van der Waals surface area (Å²) in [5.41, 5.74) is 0.879. The molecule has 0 aliphatic carbocycles.